The molecule has 0 saturated carbocycles. The first-order valence-corrected chi connectivity index (χ1v) is 18.3. The molecule has 252 valence electrons. The maximum Gasteiger partial charge on any atom is 0.160 e. The van der Waals surface area contributed by atoms with Crippen molar-refractivity contribution < 1.29 is 0 Å². The Balaban J connectivity index is 1.10. The third-order valence-corrected chi connectivity index (χ3v) is 10.3. The van der Waals surface area contributed by atoms with Gasteiger partial charge in [0.25, 0.3) is 0 Å². The second-order valence-electron chi connectivity index (χ2n) is 13.6. The lowest BCUT2D eigenvalue weighted by Crippen LogP contribution is -1.96. The van der Waals surface area contributed by atoms with E-state index in [0.29, 0.717) is 5.82 Å². The molecule has 0 fully saturated rings. The van der Waals surface area contributed by atoms with Crippen LogP contribution in [0.4, 0.5) is 0 Å². The minimum absolute atomic E-state index is 0.711. The van der Waals surface area contributed by atoms with Crippen LogP contribution in [0.25, 0.3) is 99.9 Å². The van der Waals surface area contributed by atoms with Gasteiger partial charge in [0.15, 0.2) is 5.82 Å². The normalized spacial score (nSPS) is 11.3. The Bertz CT molecular complexity index is 2900. The minimum Gasteiger partial charge on any atom is -0.248 e. The summed E-state index contributed by atoms with van der Waals surface area (Å²) in [6.45, 7) is 0. The Labute approximate surface area is 313 Å². The molecule has 10 aromatic rings. The van der Waals surface area contributed by atoms with E-state index in [4.69, 9.17) is 15.0 Å². The summed E-state index contributed by atoms with van der Waals surface area (Å²) < 4.78 is 0. The van der Waals surface area contributed by atoms with Gasteiger partial charge in [0.05, 0.1) is 22.6 Å². The Morgan fingerprint density at radius 2 is 0.778 bits per heavy atom. The van der Waals surface area contributed by atoms with Crippen LogP contribution in [-0.2, 0) is 0 Å². The van der Waals surface area contributed by atoms with E-state index in [1.807, 2.05) is 30.3 Å². The molecule has 0 N–H and O–H groups in total. The monoisotopic (exact) mass is 687 g/mol. The molecular formula is C51H33N3. The molecule has 0 amide bonds. The number of aromatic nitrogens is 3. The van der Waals surface area contributed by atoms with Crippen molar-refractivity contribution in [1.29, 1.82) is 0 Å². The molecule has 0 bridgehead atoms. The summed E-state index contributed by atoms with van der Waals surface area (Å²) in [5.41, 5.74) is 12.6. The predicted molar refractivity (Wildman–Crippen MR) is 225 cm³/mol. The van der Waals surface area contributed by atoms with Crippen LogP contribution in [0.5, 0.6) is 0 Å². The zero-order valence-electron chi connectivity index (χ0n) is 29.4. The van der Waals surface area contributed by atoms with Crippen molar-refractivity contribution >= 4 is 32.4 Å². The summed E-state index contributed by atoms with van der Waals surface area (Å²) in [5.74, 6) is 0.711. The number of fused-ring (bicyclic) bond motifs is 4. The number of rotatable bonds is 6. The van der Waals surface area contributed by atoms with Gasteiger partial charge in [-0.25, -0.2) is 15.0 Å². The summed E-state index contributed by atoms with van der Waals surface area (Å²) >= 11 is 0. The number of pyridine rings is 1. The maximum absolute atomic E-state index is 5.16. The van der Waals surface area contributed by atoms with Gasteiger partial charge in [0, 0.05) is 27.6 Å². The van der Waals surface area contributed by atoms with Crippen LogP contribution in [-0.4, -0.2) is 15.0 Å². The molecule has 0 aliphatic carbocycles. The molecule has 2 heterocycles. The van der Waals surface area contributed by atoms with Crippen molar-refractivity contribution in [3.63, 3.8) is 0 Å². The van der Waals surface area contributed by atoms with Crippen molar-refractivity contribution in [2.75, 3.05) is 0 Å². The number of hydrogen-bond acceptors (Lipinski definition) is 3. The van der Waals surface area contributed by atoms with Crippen LogP contribution < -0.4 is 0 Å². The summed E-state index contributed by atoms with van der Waals surface area (Å²) in [5, 5.41) is 5.91. The van der Waals surface area contributed by atoms with Crippen LogP contribution in [0.1, 0.15) is 0 Å². The summed E-state index contributed by atoms with van der Waals surface area (Å²) in [4.78, 5) is 15.3. The van der Waals surface area contributed by atoms with Crippen molar-refractivity contribution in [3.05, 3.63) is 200 Å². The highest BCUT2D eigenvalue weighted by Crippen LogP contribution is 2.40. The molecule has 3 heteroatoms. The molecule has 0 saturated heterocycles. The fourth-order valence-electron chi connectivity index (χ4n) is 7.65. The molecule has 0 atom stereocenters. The third-order valence-electron chi connectivity index (χ3n) is 10.3. The molecule has 2 aromatic heterocycles. The van der Waals surface area contributed by atoms with E-state index in [9.17, 15) is 0 Å². The first kappa shape index (κ1) is 31.5. The van der Waals surface area contributed by atoms with Crippen LogP contribution in [0.15, 0.2) is 200 Å². The molecule has 0 radical (unpaired) electrons. The first-order chi connectivity index (χ1) is 26.8. The lowest BCUT2D eigenvalue weighted by Gasteiger charge is -2.15. The van der Waals surface area contributed by atoms with Gasteiger partial charge < -0.3 is 0 Å². The van der Waals surface area contributed by atoms with Crippen molar-refractivity contribution in [2.24, 2.45) is 0 Å². The Kier molecular flexibility index (Phi) is 7.81. The summed E-state index contributed by atoms with van der Waals surface area (Å²) in [7, 11) is 0. The van der Waals surface area contributed by atoms with E-state index >= 15 is 0 Å². The lowest BCUT2D eigenvalue weighted by atomic mass is 9.91. The fourth-order valence-corrected chi connectivity index (χ4v) is 7.65. The fraction of sp³-hybridized carbons (Fsp3) is 0. The molecule has 0 aliphatic rings. The molecule has 54 heavy (non-hydrogen) atoms. The van der Waals surface area contributed by atoms with E-state index in [-0.39, 0.29) is 0 Å². The number of hydrogen-bond donors (Lipinski definition) is 0. The van der Waals surface area contributed by atoms with E-state index in [2.05, 4.69) is 170 Å². The van der Waals surface area contributed by atoms with E-state index in [1.54, 1.807) is 0 Å². The zero-order chi connectivity index (χ0) is 35.8. The largest absolute Gasteiger partial charge is 0.248 e. The van der Waals surface area contributed by atoms with Gasteiger partial charge in [0.2, 0.25) is 0 Å². The highest BCUT2D eigenvalue weighted by Gasteiger charge is 2.16. The highest BCUT2D eigenvalue weighted by molar-refractivity contribution is 6.14. The van der Waals surface area contributed by atoms with Gasteiger partial charge in [-0.15, -0.1) is 0 Å². The summed E-state index contributed by atoms with van der Waals surface area (Å²) in [6.07, 6.45) is 0. The Hall–Kier alpha value is -7.23. The Morgan fingerprint density at radius 3 is 1.44 bits per heavy atom. The first-order valence-electron chi connectivity index (χ1n) is 18.3. The highest BCUT2D eigenvalue weighted by atomic mass is 14.9. The SMILES string of the molecule is c1ccc(-c2cc(-c3ccc(-c4ccc(-c5cc(-c6ccccc6)nc6ccc7ccccc7c56)cc4)c4ccccc34)nc(-c3ccccc3)n2)cc1. The topological polar surface area (TPSA) is 38.7 Å². The van der Waals surface area contributed by atoms with Crippen LogP contribution in [0.3, 0.4) is 0 Å². The molecule has 10 rings (SSSR count). The average molecular weight is 688 g/mol. The zero-order valence-corrected chi connectivity index (χ0v) is 29.4. The van der Waals surface area contributed by atoms with Crippen LogP contribution >= 0.6 is 0 Å². The van der Waals surface area contributed by atoms with Gasteiger partial charge >= 0.3 is 0 Å². The maximum atomic E-state index is 5.16. The lowest BCUT2D eigenvalue weighted by molar-refractivity contribution is 1.18. The summed E-state index contributed by atoms with van der Waals surface area (Å²) in [6, 6.07) is 70.4. The molecule has 3 nitrogen and oxygen atoms in total. The predicted octanol–water partition coefficient (Wildman–Crippen LogP) is 13.3. The second-order valence-corrected chi connectivity index (χ2v) is 13.6. The minimum atomic E-state index is 0.711. The van der Waals surface area contributed by atoms with Crippen molar-refractivity contribution in [3.8, 4) is 67.4 Å². The van der Waals surface area contributed by atoms with E-state index < -0.39 is 0 Å². The number of nitrogens with zero attached hydrogens (tertiary/aromatic N) is 3. The molecule has 8 aromatic carbocycles. The van der Waals surface area contributed by atoms with Gasteiger partial charge in [-0.1, -0.05) is 182 Å². The van der Waals surface area contributed by atoms with Crippen molar-refractivity contribution in [1.82, 2.24) is 15.0 Å². The molecule has 0 aliphatic heterocycles. The standard InChI is InChI=1S/C51H33N3/c1-4-15-37(16-5-1)47-32-45(50-41-21-11-10-14-34(41)28-31-46(50)52-47)36-26-24-35(25-27-36)40-29-30-44(43-23-13-12-22-42(40)43)49-33-48(38-17-6-2-7-18-38)53-51(54-49)39-19-8-3-9-20-39/h1-33H. The van der Waals surface area contributed by atoms with Crippen LogP contribution in [0, 0.1) is 0 Å². The van der Waals surface area contributed by atoms with E-state index in [0.717, 1.165) is 61.4 Å². The van der Waals surface area contributed by atoms with Gasteiger partial charge in [0.1, 0.15) is 0 Å². The Morgan fingerprint density at radius 1 is 0.278 bits per heavy atom. The van der Waals surface area contributed by atoms with Crippen molar-refractivity contribution in [2.45, 2.75) is 0 Å². The molecule has 0 spiro atoms. The molecular weight excluding hydrogens is 655 g/mol. The average Bonchev–Trinajstić information content (AvgIpc) is 3.26. The smallest absolute Gasteiger partial charge is 0.160 e. The number of benzene rings is 8. The second kappa shape index (κ2) is 13.4. The van der Waals surface area contributed by atoms with Gasteiger partial charge in [-0.3, -0.25) is 0 Å². The third kappa shape index (κ3) is 5.69. The molecule has 0 unspecified atom stereocenters. The van der Waals surface area contributed by atoms with Crippen LogP contribution in [0.2, 0.25) is 0 Å². The van der Waals surface area contributed by atoms with E-state index in [1.165, 1.54) is 32.7 Å². The van der Waals surface area contributed by atoms with Gasteiger partial charge in [-0.2, -0.15) is 0 Å². The quantitative estimate of drug-likeness (QED) is 0.163. The van der Waals surface area contributed by atoms with Gasteiger partial charge in [-0.05, 0) is 62.0 Å².